The first-order valence-electron chi connectivity index (χ1n) is 5.30. The van der Waals surface area contributed by atoms with Crippen molar-refractivity contribution >= 4 is 15.7 Å². The standard InChI is InChI=1S/C13H9FN2O2S/c14-11-5-3-6-12(8-11)19(17,18)16-13-7-2-1-4-10(13)9-15/h1-8,16H. The van der Waals surface area contributed by atoms with Gasteiger partial charge in [-0.05, 0) is 30.3 Å². The van der Waals surface area contributed by atoms with Crippen LogP contribution in [-0.4, -0.2) is 8.42 Å². The Morgan fingerprint density at radius 1 is 1.11 bits per heavy atom. The fourth-order valence-corrected chi connectivity index (χ4v) is 2.62. The fraction of sp³-hybridized carbons (Fsp3) is 0. The molecule has 2 aromatic rings. The van der Waals surface area contributed by atoms with Gasteiger partial charge in [0.05, 0.1) is 16.1 Å². The highest BCUT2D eigenvalue weighted by Gasteiger charge is 2.16. The van der Waals surface area contributed by atoms with Crippen LogP contribution in [0.5, 0.6) is 0 Å². The lowest BCUT2D eigenvalue weighted by molar-refractivity contribution is 0.595. The van der Waals surface area contributed by atoms with Crippen LogP contribution in [0, 0.1) is 17.1 Å². The summed E-state index contributed by atoms with van der Waals surface area (Å²) in [5.74, 6) is -0.642. The summed E-state index contributed by atoms with van der Waals surface area (Å²) in [7, 11) is -3.91. The van der Waals surface area contributed by atoms with Crippen LogP contribution in [0.4, 0.5) is 10.1 Å². The number of nitriles is 1. The summed E-state index contributed by atoms with van der Waals surface area (Å²) in [5.41, 5.74) is 0.358. The molecule has 0 aliphatic heterocycles. The summed E-state index contributed by atoms with van der Waals surface area (Å²) >= 11 is 0. The number of benzene rings is 2. The van der Waals surface area contributed by atoms with E-state index in [1.165, 1.54) is 24.3 Å². The second-order valence-electron chi connectivity index (χ2n) is 3.72. The molecule has 2 aromatic carbocycles. The van der Waals surface area contributed by atoms with Gasteiger partial charge in [0.1, 0.15) is 11.9 Å². The topological polar surface area (TPSA) is 70.0 Å². The van der Waals surface area contributed by atoms with Crippen LogP contribution in [0.2, 0.25) is 0 Å². The first-order chi connectivity index (χ1) is 9.03. The summed E-state index contributed by atoms with van der Waals surface area (Å²) in [6.45, 7) is 0. The molecule has 4 nitrogen and oxygen atoms in total. The van der Waals surface area contributed by atoms with Gasteiger partial charge in [0, 0.05) is 0 Å². The van der Waals surface area contributed by atoms with Crippen molar-refractivity contribution in [3.05, 3.63) is 59.9 Å². The number of hydrogen-bond donors (Lipinski definition) is 1. The Morgan fingerprint density at radius 2 is 1.84 bits per heavy atom. The fourth-order valence-electron chi connectivity index (χ4n) is 1.51. The number of halogens is 1. The third-order valence-corrected chi connectivity index (χ3v) is 3.76. The van der Waals surface area contributed by atoms with Gasteiger partial charge in [-0.1, -0.05) is 18.2 Å². The average Bonchev–Trinajstić information content (AvgIpc) is 2.39. The van der Waals surface area contributed by atoms with Gasteiger partial charge in [-0.15, -0.1) is 0 Å². The molecule has 0 saturated carbocycles. The maximum Gasteiger partial charge on any atom is 0.262 e. The highest BCUT2D eigenvalue weighted by molar-refractivity contribution is 7.92. The molecule has 0 aliphatic carbocycles. The monoisotopic (exact) mass is 276 g/mol. The lowest BCUT2D eigenvalue weighted by Crippen LogP contribution is -2.14. The van der Waals surface area contributed by atoms with Crippen molar-refractivity contribution < 1.29 is 12.8 Å². The molecule has 0 radical (unpaired) electrons. The number of nitrogens with zero attached hydrogens (tertiary/aromatic N) is 1. The molecular weight excluding hydrogens is 267 g/mol. The minimum atomic E-state index is -3.91. The smallest absolute Gasteiger partial charge is 0.262 e. The molecule has 0 spiro atoms. The normalized spacial score (nSPS) is 10.7. The van der Waals surface area contributed by atoms with Gasteiger partial charge in [0.25, 0.3) is 10.0 Å². The van der Waals surface area contributed by atoms with E-state index < -0.39 is 15.8 Å². The van der Waals surface area contributed by atoms with E-state index in [-0.39, 0.29) is 16.1 Å². The molecule has 96 valence electrons. The number of hydrogen-bond acceptors (Lipinski definition) is 3. The number of rotatable bonds is 3. The second kappa shape index (κ2) is 5.08. The molecule has 2 rings (SSSR count). The van der Waals surface area contributed by atoms with Gasteiger partial charge in [-0.2, -0.15) is 5.26 Å². The van der Waals surface area contributed by atoms with E-state index in [0.29, 0.717) is 0 Å². The predicted molar refractivity (Wildman–Crippen MR) is 68.4 cm³/mol. The van der Waals surface area contributed by atoms with Crippen LogP contribution in [0.3, 0.4) is 0 Å². The quantitative estimate of drug-likeness (QED) is 0.936. The van der Waals surface area contributed by atoms with Crippen molar-refractivity contribution in [3.8, 4) is 6.07 Å². The first kappa shape index (κ1) is 13.1. The van der Waals surface area contributed by atoms with E-state index in [0.717, 1.165) is 12.1 Å². The largest absolute Gasteiger partial charge is 0.278 e. The Morgan fingerprint density at radius 3 is 2.53 bits per heavy atom. The van der Waals surface area contributed by atoms with Crippen LogP contribution >= 0.6 is 0 Å². The number of nitrogens with one attached hydrogen (secondary N) is 1. The minimum Gasteiger partial charge on any atom is -0.278 e. The van der Waals surface area contributed by atoms with Crippen LogP contribution in [0.25, 0.3) is 0 Å². The first-order valence-corrected chi connectivity index (χ1v) is 6.79. The van der Waals surface area contributed by atoms with E-state index >= 15 is 0 Å². The molecule has 0 amide bonds. The van der Waals surface area contributed by atoms with Crippen molar-refractivity contribution in [1.82, 2.24) is 0 Å². The second-order valence-corrected chi connectivity index (χ2v) is 5.40. The SMILES string of the molecule is N#Cc1ccccc1NS(=O)(=O)c1cccc(F)c1. The number of anilines is 1. The molecule has 19 heavy (non-hydrogen) atoms. The Kier molecular flexibility index (Phi) is 3.49. The van der Waals surface area contributed by atoms with E-state index in [4.69, 9.17) is 5.26 Å². The molecule has 0 fully saturated rings. The van der Waals surface area contributed by atoms with Crippen LogP contribution in [0.15, 0.2) is 53.4 Å². The molecule has 1 N–H and O–H groups in total. The zero-order valence-electron chi connectivity index (χ0n) is 9.67. The summed E-state index contributed by atoms with van der Waals surface area (Å²) < 4.78 is 39.4. The number of para-hydroxylation sites is 1. The molecule has 6 heteroatoms. The summed E-state index contributed by atoms with van der Waals surface area (Å²) in [5, 5.41) is 8.89. The molecule has 0 saturated heterocycles. The molecule has 0 unspecified atom stereocenters. The molecule has 0 atom stereocenters. The van der Waals surface area contributed by atoms with Gasteiger partial charge in [0.15, 0.2) is 0 Å². The van der Waals surface area contributed by atoms with Crippen LogP contribution in [0.1, 0.15) is 5.56 Å². The Balaban J connectivity index is 2.40. The predicted octanol–water partition coefficient (Wildman–Crippen LogP) is 2.50. The third-order valence-electron chi connectivity index (χ3n) is 2.40. The molecule has 0 aromatic heterocycles. The zero-order chi connectivity index (χ0) is 13.9. The zero-order valence-corrected chi connectivity index (χ0v) is 10.5. The Hall–Kier alpha value is -2.39. The Bertz CT molecular complexity index is 751. The van der Waals surface area contributed by atoms with Gasteiger partial charge < -0.3 is 0 Å². The molecule has 0 bridgehead atoms. The van der Waals surface area contributed by atoms with Crippen molar-refractivity contribution in [3.63, 3.8) is 0 Å². The summed E-state index contributed by atoms with van der Waals surface area (Å²) in [6.07, 6.45) is 0. The van der Waals surface area contributed by atoms with E-state index in [9.17, 15) is 12.8 Å². The molecule has 0 aliphatic rings. The minimum absolute atomic E-state index is 0.161. The lowest BCUT2D eigenvalue weighted by Gasteiger charge is -2.09. The summed E-state index contributed by atoms with van der Waals surface area (Å²) in [6, 6.07) is 12.7. The van der Waals surface area contributed by atoms with E-state index in [1.54, 1.807) is 12.1 Å². The van der Waals surface area contributed by atoms with Gasteiger partial charge in [-0.3, -0.25) is 4.72 Å². The number of sulfonamides is 1. The van der Waals surface area contributed by atoms with Crippen molar-refractivity contribution in [2.75, 3.05) is 4.72 Å². The van der Waals surface area contributed by atoms with Crippen molar-refractivity contribution in [1.29, 1.82) is 5.26 Å². The van der Waals surface area contributed by atoms with Gasteiger partial charge >= 0.3 is 0 Å². The lowest BCUT2D eigenvalue weighted by atomic mass is 10.2. The van der Waals surface area contributed by atoms with Gasteiger partial charge in [0.2, 0.25) is 0 Å². The maximum atomic E-state index is 13.0. The van der Waals surface area contributed by atoms with Crippen LogP contribution < -0.4 is 4.72 Å². The molecular formula is C13H9FN2O2S. The maximum absolute atomic E-state index is 13.0. The van der Waals surface area contributed by atoms with E-state index in [2.05, 4.69) is 4.72 Å². The highest BCUT2D eigenvalue weighted by Crippen LogP contribution is 2.19. The van der Waals surface area contributed by atoms with Crippen LogP contribution in [-0.2, 0) is 10.0 Å². The van der Waals surface area contributed by atoms with Gasteiger partial charge in [-0.25, -0.2) is 12.8 Å². The highest BCUT2D eigenvalue weighted by atomic mass is 32.2. The van der Waals surface area contributed by atoms with E-state index in [1.807, 2.05) is 6.07 Å². The Labute approximate surface area is 110 Å². The average molecular weight is 276 g/mol. The van der Waals surface area contributed by atoms with Crippen molar-refractivity contribution in [2.45, 2.75) is 4.90 Å². The third kappa shape index (κ3) is 2.89. The summed E-state index contributed by atoms with van der Waals surface area (Å²) in [4.78, 5) is -0.194. The molecule has 0 heterocycles. The van der Waals surface area contributed by atoms with Crippen molar-refractivity contribution in [2.24, 2.45) is 0 Å².